The molecule has 1 nitrogen and oxygen atoms in total. The van der Waals surface area contributed by atoms with Crippen LogP contribution in [0, 0.1) is 25.2 Å². The Bertz CT molecular complexity index is 532. The summed E-state index contributed by atoms with van der Waals surface area (Å²) in [6, 6.07) is 2.20. The number of rotatable bonds is 2. The topological polar surface area (TPSA) is 12.0 Å². The summed E-state index contributed by atoms with van der Waals surface area (Å²) in [6.45, 7) is 17.1. The maximum Gasteiger partial charge on any atom is 0.00204 e. The Labute approximate surface area is 130 Å². The molecular formula is C19H28BN. The minimum Gasteiger partial charge on any atom is -0.316 e. The van der Waals surface area contributed by atoms with Crippen LogP contribution in [0.3, 0.4) is 0 Å². The van der Waals surface area contributed by atoms with E-state index in [1.165, 1.54) is 48.1 Å². The summed E-state index contributed by atoms with van der Waals surface area (Å²) >= 11 is 0. The fourth-order valence-corrected chi connectivity index (χ4v) is 3.41. The molecule has 1 saturated heterocycles. The summed E-state index contributed by atoms with van der Waals surface area (Å²) in [6.07, 6.45) is 7.01. The van der Waals surface area contributed by atoms with Gasteiger partial charge in [-0.2, -0.15) is 0 Å². The van der Waals surface area contributed by atoms with E-state index in [1.54, 1.807) is 0 Å². The van der Waals surface area contributed by atoms with Crippen molar-refractivity contribution in [3.63, 3.8) is 0 Å². The second kappa shape index (κ2) is 6.74. The van der Waals surface area contributed by atoms with Crippen molar-refractivity contribution < 1.29 is 0 Å². The van der Waals surface area contributed by atoms with Crippen LogP contribution >= 0.6 is 0 Å². The molecule has 1 aliphatic carbocycles. The summed E-state index contributed by atoms with van der Waals surface area (Å²) in [5.74, 6) is 3.16. The summed E-state index contributed by atoms with van der Waals surface area (Å²) in [5, 5.41) is 3.32. The average Bonchev–Trinajstić information content (AvgIpc) is 2.37. The normalized spacial score (nSPS) is 19.9. The molecule has 1 spiro atoms. The second-order valence-corrected chi connectivity index (χ2v) is 7.07. The van der Waals surface area contributed by atoms with Gasteiger partial charge in [-0.15, -0.1) is 0 Å². The molecule has 2 heterocycles. The van der Waals surface area contributed by atoms with E-state index in [9.17, 15) is 0 Å². The van der Waals surface area contributed by atoms with Gasteiger partial charge in [0.15, 0.2) is 0 Å². The Balaban J connectivity index is 0.000000170. The van der Waals surface area contributed by atoms with E-state index in [2.05, 4.69) is 64.6 Å². The maximum atomic E-state index is 3.74. The van der Waals surface area contributed by atoms with Crippen LogP contribution in [0.4, 0.5) is 0 Å². The minimum atomic E-state index is 0.805. The monoisotopic (exact) mass is 281 g/mol. The largest absolute Gasteiger partial charge is 0.316 e. The van der Waals surface area contributed by atoms with Crippen molar-refractivity contribution in [1.29, 1.82) is 0 Å². The molecule has 0 amide bonds. The third-order valence-electron chi connectivity index (χ3n) is 4.70. The van der Waals surface area contributed by atoms with Crippen molar-refractivity contribution in [2.45, 2.75) is 40.5 Å². The van der Waals surface area contributed by atoms with E-state index in [-0.39, 0.29) is 0 Å². The van der Waals surface area contributed by atoms with Crippen LogP contribution in [0.5, 0.6) is 0 Å². The molecular weight excluding hydrogens is 253 g/mol. The second-order valence-electron chi connectivity index (χ2n) is 7.07. The van der Waals surface area contributed by atoms with Gasteiger partial charge in [0.25, 0.3) is 0 Å². The molecule has 0 unspecified atom stereocenters. The Morgan fingerprint density at radius 1 is 1.38 bits per heavy atom. The molecule has 2 fully saturated rings. The molecule has 0 radical (unpaired) electrons. The Morgan fingerprint density at radius 3 is 2.48 bits per heavy atom. The van der Waals surface area contributed by atoms with Gasteiger partial charge in [0.2, 0.25) is 0 Å². The summed E-state index contributed by atoms with van der Waals surface area (Å²) in [7, 11) is 0. The average molecular weight is 281 g/mol. The van der Waals surface area contributed by atoms with Crippen molar-refractivity contribution in [1.82, 2.24) is 5.32 Å². The summed E-state index contributed by atoms with van der Waals surface area (Å²) in [4.78, 5) is 0. The zero-order chi connectivity index (χ0) is 15.5. The van der Waals surface area contributed by atoms with E-state index in [0.717, 1.165) is 11.3 Å². The zero-order valence-electron chi connectivity index (χ0n) is 14.0. The van der Waals surface area contributed by atoms with Gasteiger partial charge < -0.3 is 5.32 Å². The van der Waals surface area contributed by atoms with Crippen molar-refractivity contribution in [3.05, 3.63) is 46.8 Å². The summed E-state index contributed by atoms with van der Waals surface area (Å²) < 4.78 is 0. The van der Waals surface area contributed by atoms with Gasteiger partial charge in [0, 0.05) is 13.1 Å². The fraction of sp³-hybridized carbons (Fsp3) is 0.526. The smallest absolute Gasteiger partial charge is 0.00204 e. The van der Waals surface area contributed by atoms with Crippen LogP contribution in [-0.2, 0) is 0 Å². The minimum absolute atomic E-state index is 0.805. The van der Waals surface area contributed by atoms with Crippen molar-refractivity contribution in [2.75, 3.05) is 13.1 Å². The first-order valence-corrected chi connectivity index (χ1v) is 8.03. The van der Waals surface area contributed by atoms with Gasteiger partial charge in [-0.1, -0.05) is 6.92 Å². The number of hydrogen-bond acceptors (Lipinski definition) is 1. The van der Waals surface area contributed by atoms with Gasteiger partial charge in [0.05, 0.1) is 0 Å². The van der Waals surface area contributed by atoms with Crippen molar-refractivity contribution in [3.8, 4) is 0 Å². The SMILES string of the molecule is C=C/C(C)=C\c1cc(C)cbc1C.CC1CC2(CNC2)C1. The Morgan fingerprint density at radius 2 is 2.05 bits per heavy atom. The molecule has 112 valence electrons. The predicted molar refractivity (Wildman–Crippen MR) is 94.8 cm³/mol. The molecule has 1 aromatic rings. The third kappa shape index (κ3) is 4.17. The Kier molecular flexibility index (Phi) is 5.21. The maximum absolute atomic E-state index is 3.74. The van der Waals surface area contributed by atoms with Gasteiger partial charge in [-0.05, 0) is 24.2 Å². The molecule has 1 N–H and O–H groups in total. The van der Waals surface area contributed by atoms with Crippen LogP contribution in [0.25, 0.3) is 6.08 Å². The number of hydrogen-bond donors (Lipinski definition) is 1. The van der Waals surface area contributed by atoms with E-state index < -0.39 is 0 Å². The van der Waals surface area contributed by atoms with Gasteiger partial charge >= 0.3 is 80.6 Å². The molecule has 2 aliphatic rings. The number of allylic oxidation sites excluding steroid dienone is 2. The van der Waals surface area contributed by atoms with Crippen LogP contribution in [0.2, 0.25) is 0 Å². The van der Waals surface area contributed by atoms with Crippen molar-refractivity contribution >= 4 is 13.0 Å². The molecule has 0 bridgehead atoms. The first kappa shape index (κ1) is 16.2. The molecule has 2 heteroatoms. The third-order valence-corrected chi connectivity index (χ3v) is 4.70. The van der Waals surface area contributed by atoms with Gasteiger partial charge in [0.1, 0.15) is 0 Å². The first-order chi connectivity index (χ1) is 9.94. The van der Waals surface area contributed by atoms with Crippen LogP contribution < -0.4 is 5.32 Å². The standard InChI is InChI=1S/C12H15B.C7H13N/c1-5-9(2)6-12-7-10(3)8-13-11(12)4;1-6-2-7(3-6)4-8-5-7/h5-8H,1H2,2-4H3;6,8H,2-5H2,1H3/b9-6-;. The van der Waals surface area contributed by atoms with Crippen LogP contribution in [-0.4, -0.2) is 20.0 Å². The van der Waals surface area contributed by atoms with E-state index in [4.69, 9.17) is 0 Å². The van der Waals surface area contributed by atoms with Crippen LogP contribution in [0.15, 0.2) is 30.3 Å². The zero-order valence-corrected chi connectivity index (χ0v) is 14.0. The Hall–Kier alpha value is -1.15. The van der Waals surface area contributed by atoms with Crippen molar-refractivity contribution in [2.24, 2.45) is 11.3 Å². The molecule has 1 aromatic heterocycles. The number of nitrogens with one attached hydrogen (secondary N) is 1. The first-order valence-electron chi connectivity index (χ1n) is 8.03. The molecule has 1 aliphatic heterocycles. The van der Waals surface area contributed by atoms with E-state index in [0.29, 0.717) is 0 Å². The molecule has 0 aromatic carbocycles. The molecule has 1 saturated carbocycles. The van der Waals surface area contributed by atoms with Gasteiger partial charge in [-0.3, -0.25) is 0 Å². The van der Waals surface area contributed by atoms with E-state index in [1.807, 2.05) is 6.08 Å². The molecule has 21 heavy (non-hydrogen) atoms. The summed E-state index contributed by atoms with van der Waals surface area (Å²) in [5.41, 5.74) is 5.91. The van der Waals surface area contributed by atoms with E-state index >= 15 is 0 Å². The molecule has 0 atom stereocenters. The van der Waals surface area contributed by atoms with Gasteiger partial charge in [-0.25, -0.2) is 0 Å². The fourth-order valence-electron chi connectivity index (χ4n) is 3.41. The number of aryl methyl sites for hydroxylation is 2. The predicted octanol–water partition coefficient (Wildman–Crippen LogP) is 4.24. The van der Waals surface area contributed by atoms with Crippen LogP contribution in [0.1, 0.15) is 43.3 Å². The molecule has 3 rings (SSSR count). The quantitative estimate of drug-likeness (QED) is 0.800.